The topological polar surface area (TPSA) is 67.8 Å². The second kappa shape index (κ2) is 5.33. The molecule has 5 heteroatoms. The normalized spacial score (nSPS) is 35.0. The second-order valence-electron chi connectivity index (χ2n) is 5.18. The Bertz CT molecular complexity index is 278. The minimum atomic E-state index is -0.829. The van der Waals surface area contributed by atoms with Crippen LogP contribution in [0.2, 0.25) is 0 Å². The van der Waals surface area contributed by atoms with E-state index >= 15 is 0 Å². The van der Waals surface area contributed by atoms with Gasteiger partial charge >= 0.3 is 5.97 Å². The molecule has 2 saturated heterocycles. The van der Waals surface area contributed by atoms with Crippen molar-refractivity contribution in [1.29, 1.82) is 0 Å². The molecule has 2 N–H and O–H groups in total. The number of nitrogens with one attached hydrogen (secondary N) is 1. The van der Waals surface area contributed by atoms with Crippen molar-refractivity contribution in [2.45, 2.75) is 44.5 Å². The zero-order chi connectivity index (χ0) is 12.3. The van der Waals surface area contributed by atoms with Crippen LogP contribution in [-0.4, -0.2) is 42.7 Å². The fourth-order valence-electron chi connectivity index (χ4n) is 2.70. The van der Waals surface area contributed by atoms with Crippen LogP contribution >= 0.6 is 0 Å². The van der Waals surface area contributed by atoms with E-state index in [4.69, 9.17) is 14.6 Å². The molecule has 0 aromatic heterocycles. The lowest BCUT2D eigenvalue weighted by atomic mass is 9.91. The first-order valence-corrected chi connectivity index (χ1v) is 6.32. The number of rotatable bonds is 4. The highest BCUT2D eigenvalue weighted by Crippen LogP contribution is 2.33. The molecule has 0 aromatic carbocycles. The van der Waals surface area contributed by atoms with Crippen molar-refractivity contribution < 1.29 is 19.4 Å². The van der Waals surface area contributed by atoms with E-state index in [0.29, 0.717) is 12.5 Å². The van der Waals surface area contributed by atoms with Gasteiger partial charge in [0.25, 0.3) is 0 Å². The molecule has 0 radical (unpaired) electrons. The summed E-state index contributed by atoms with van der Waals surface area (Å²) in [7, 11) is 0. The molecule has 2 aliphatic rings. The van der Waals surface area contributed by atoms with Gasteiger partial charge in [0.15, 0.2) is 5.79 Å². The molecule has 2 atom stereocenters. The van der Waals surface area contributed by atoms with Crippen molar-refractivity contribution in [3.05, 3.63) is 0 Å². The van der Waals surface area contributed by atoms with Gasteiger partial charge in [-0.2, -0.15) is 0 Å². The van der Waals surface area contributed by atoms with Crippen molar-refractivity contribution in [2.75, 3.05) is 19.7 Å². The van der Waals surface area contributed by atoms with E-state index in [-0.39, 0.29) is 12.5 Å². The maximum Gasteiger partial charge on any atom is 0.306 e. The largest absolute Gasteiger partial charge is 0.481 e. The molecule has 0 spiro atoms. The van der Waals surface area contributed by atoms with E-state index in [9.17, 15) is 4.79 Å². The van der Waals surface area contributed by atoms with Crippen LogP contribution in [0.5, 0.6) is 0 Å². The van der Waals surface area contributed by atoms with Gasteiger partial charge in [-0.3, -0.25) is 4.79 Å². The van der Waals surface area contributed by atoms with Crippen LogP contribution in [0.3, 0.4) is 0 Å². The van der Waals surface area contributed by atoms with E-state index in [1.807, 2.05) is 6.92 Å². The van der Waals surface area contributed by atoms with Crippen molar-refractivity contribution in [3.8, 4) is 0 Å². The van der Waals surface area contributed by atoms with Crippen molar-refractivity contribution in [2.24, 2.45) is 5.92 Å². The lowest BCUT2D eigenvalue weighted by Gasteiger charge is -2.30. The molecule has 2 unspecified atom stereocenters. The number of aliphatic carboxylic acids is 1. The highest BCUT2D eigenvalue weighted by atomic mass is 16.7. The summed E-state index contributed by atoms with van der Waals surface area (Å²) in [6, 6.07) is 0. The molecule has 0 bridgehead atoms. The molecule has 17 heavy (non-hydrogen) atoms. The van der Waals surface area contributed by atoms with E-state index in [1.54, 1.807) is 0 Å². The molecule has 2 heterocycles. The third-order valence-electron chi connectivity index (χ3n) is 3.51. The summed E-state index contributed by atoms with van der Waals surface area (Å²) in [5.41, 5.74) is 0. The smallest absolute Gasteiger partial charge is 0.306 e. The standard InChI is InChI=1S/C12H21NO4/c1-12(7-9-2-4-13-5-3-9)16-8-10(17-12)6-11(14)15/h9-10,13H,2-8H2,1H3,(H,14,15). The van der Waals surface area contributed by atoms with Gasteiger partial charge in [-0.05, 0) is 38.8 Å². The Kier molecular flexibility index (Phi) is 4.01. The SMILES string of the molecule is CC1(CC2CCNCC2)OCC(CC(=O)O)O1. The van der Waals surface area contributed by atoms with Crippen LogP contribution in [0.25, 0.3) is 0 Å². The predicted molar refractivity (Wildman–Crippen MR) is 61.7 cm³/mol. The van der Waals surface area contributed by atoms with Crippen molar-refractivity contribution in [1.82, 2.24) is 5.32 Å². The zero-order valence-electron chi connectivity index (χ0n) is 10.3. The van der Waals surface area contributed by atoms with E-state index < -0.39 is 11.8 Å². The zero-order valence-corrected chi connectivity index (χ0v) is 10.3. The fourth-order valence-corrected chi connectivity index (χ4v) is 2.70. The van der Waals surface area contributed by atoms with Gasteiger partial charge in [0.1, 0.15) is 0 Å². The van der Waals surface area contributed by atoms with Crippen LogP contribution < -0.4 is 5.32 Å². The van der Waals surface area contributed by atoms with Gasteiger partial charge < -0.3 is 19.9 Å². The number of carboxylic acids is 1. The molecule has 2 fully saturated rings. The summed E-state index contributed by atoms with van der Waals surface area (Å²) in [4.78, 5) is 10.6. The third-order valence-corrected chi connectivity index (χ3v) is 3.51. The Morgan fingerprint density at radius 2 is 2.18 bits per heavy atom. The Hall–Kier alpha value is -0.650. The van der Waals surface area contributed by atoms with Gasteiger partial charge in [0.2, 0.25) is 0 Å². The number of carboxylic acid groups (broad SMARTS) is 1. The molecule has 2 aliphatic heterocycles. The van der Waals surface area contributed by atoms with Gasteiger partial charge in [0.05, 0.1) is 19.1 Å². The van der Waals surface area contributed by atoms with Crippen molar-refractivity contribution >= 4 is 5.97 Å². The molecular formula is C12H21NO4. The summed E-state index contributed by atoms with van der Waals surface area (Å²) >= 11 is 0. The predicted octanol–water partition coefficient (Wildman–Crippen LogP) is 0.982. The van der Waals surface area contributed by atoms with Gasteiger partial charge in [-0.1, -0.05) is 0 Å². The Morgan fingerprint density at radius 1 is 1.47 bits per heavy atom. The first-order chi connectivity index (χ1) is 8.07. The maximum atomic E-state index is 10.6. The lowest BCUT2D eigenvalue weighted by Crippen LogP contribution is -2.35. The molecule has 98 valence electrons. The minimum Gasteiger partial charge on any atom is -0.481 e. The number of hydrogen-bond acceptors (Lipinski definition) is 4. The maximum absolute atomic E-state index is 10.6. The molecule has 0 aromatic rings. The second-order valence-corrected chi connectivity index (χ2v) is 5.18. The van der Waals surface area contributed by atoms with E-state index in [1.165, 1.54) is 0 Å². The Labute approximate surface area is 101 Å². The van der Waals surface area contributed by atoms with E-state index in [2.05, 4.69) is 5.32 Å². The van der Waals surface area contributed by atoms with Crippen LogP contribution in [0, 0.1) is 5.92 Å². The number of hydrogen-bond donors (Lipinski definition) is 2. The molecule has 0 aliphatic carbocycles. The molecular weight excluding hydrogens is 222 g/mol. The summed E-state index contributed by atoms with van der Waals surface area (Å²) in [6.07, 6.45) is 2.89. The molecule has 5 nitrogen and oxygen atoms in total. The van der Waals surface area contributed by atoms with Gasteiger partial charge in [0, 0.05) is 6.42 Å². The first-order valence-electron chi connectivity index (χ1n) is 6.32. The van der Waals surface area contributed by atoms with Gasteiger partial charge in [-0.25, -0.2) is 0 Å². The highest BCUT2D eigenvalue weighted by Gasteiger charge is 2.39. The summed E-state index contributed by atoms with van der Waals surface area (Å²) < 4.78 is 11.4. The summed E-state index contributed by atoms with van der Waals surface area (Å²) in [6.45, 7) is 4.43. The van der Waals surface area contributed by atoms with Crippen LogP contribution in [0.4, 0.5) is 0 Å². The lowest BCUT2D eigenvalue weighted by molar-refractivity contribution is -0.170. The molecule has 2 rings (SSSR count). The van der Waals surface area contributed by atoms with Crippen molar-refractivity contribution in [3.63, 3.8) is 0 Å². The quantitative estimate of drug-likeness (QED) is 0.770. The monoisotopic (exact) mass is 243 g/mol. The number of carbonyl (C=O) groups is 1. The molecule has 0 amide bonds. The average molecular weight is 243 g/mol. The van der Waals surface area contributed by atoms with Crippen LogP contribution in [0.1, 0.15) is 32.6 Å². The van der Waals surface area contributed by atoms with Crippen LogP contribution in [-0.2, 0) is 14.3 Å². The number of ether oxygens (including phenoxy) is 2. The fraction of sp³-hybridized carbons (Fsp3) is 0.917. The van der Waals surface area contributed by atoms with E-state index in [0.717, 1.165) is 32.4 Å². The highest BCUT2D eigenvalue weighted by molar-refractivity contribution is 5.67. The third kappa shape index (κ3) is 3.66. The first kappa shape index (κ1) is 12.8. The molecule has 0 saturated carbocycles. The number of piperidine rings is 1. The Morgan fingerprint density at radius 3 is 2.82 bits per heavy atom. The Balaban J connectivity index is 1.81. The summed E-state index contributed by atoms with van der Waals surface area (Å²) in [5.74, 6) is -0.795. The minimum absolute atomic E-state index is 0.0296. The van der Waals surface area contributed by atoms with Crippen LogP contribution in [0.15, 0.2) is 0 Å². The average Bonchev–Trinajstić information content (AvgIpc) is 2.60. The summed E-state index contributed by atoms with van der Waals surface area (Å²) in [5, 5.41) is 12.0. The van der Waals surface area contributed by atoms with Gasteiger partial charge in [-0.15, -0.1) is 0 Å².